The summed E-state index contributed by atoms with van der Waals surface area (Å²) in [7, 11) is 0. The van der Waals surface area contributed by atoms with Gasteiger partial charge in [0.1, 0.15) is 0 Å². The summed E-state index contributed by atoms with van der Waals surface area (Å²) in [4.78, 5) is 15.5. The second-order valence-electron chi connectivity index (χ2n) is 5.67. The smallest absolute Gasteiger partial charge is 0.416 e. The number of carbonyl (C=O) groups is 1. The Bertz CT molecular complexity index is 1040. The van der Waals surface area contributed by atoms with Crippen LogP contribution in [-0.2, 0) is 12.4 Å². The number of aromatic nitrogens is 1. The minimum atomic E-state index is -4.68. The lowest BCUT2D eigenvalue weighted by molar-refractivity contribution is -0.138. The molecule has 3 nitrogen and oxygen atoms in total. The minimum Gasteiger partial charge on any atom is -0.478 e. The van der Waals surface area contributed by atoms with Crippen LogP contribution in [0, 0.1) is 0 Å². The molecule has 0 amide bonds. The molecule has 140 valence electrons. The molecular weight excluding hydrogens is 376 g/mol. The SMILES string of the molecule is O=C(O)c1cc(-c2cccc(C(F)(F)F)c2)nc2ccc(C(F)(F)F)cc12. The Balaban J connectivity index is 2.23. The van der Waals surface area contributed by atoms with Crippen LogP contribution >= 0.6 is 0 Å². The van der Waals surface area contributed by atoms with Crippen LogP contribution in [0.3, 0.4) is 0 Å². The summed E-state index contributed by atoms with van der Waals surface area (Å²) < 4.78 is 77.3. The zero-order valence-corrected chi connectivity index (χ0v) is 13.2. The lowest BCUT2D eigenvalue weighted by Gasteiger charge is -2.12. The summed E-state index contributed by atoms with van der Waals surface area (Å²) in [5, 5.41) is 9.09. The average Bonchev–Trinajstić information content (AvgIpc) is 2.58. The fourth-order valence-electron chi connectivity index (χ4n) is 2.58. The van der Waals surface area contributed by atoms with E-state index in [9.17, 15) is 36.2 Å². The maximum atomic E-state index is 12.9. The van der Waals surface area contributed by atoms with Gasteiger partial charge in [-0.1, -0.05) is 12.1 Å². The third-order valence-electron chi connectivity index (χ3n) is 3.85. The highest BCUT2D eigenvalue weighted by molar-refractivity contribution is 6.04. The summed E-state index contributed by atoms with van der Waals surface area (Å²) in [5.41, 5.74) is -2.66. The highest BCUT2D eigenvalue weighted by Crippen LogP contribution is 2.35. The summed E-state index contributed by atoms with van der Waals surface area (Å²) in [6.45, 7) is 0. The second kappa shape index (κ2) is 6.26. The van der Waals surface area contributed by atoms with Crippen LogP contribution in [0.5, 0.6) is 0 Å². The molecule has 0 atom stereocenters. The second-order valence-corrected chi connectivity index (χ2v) is 5.67. The van der Waals surface area contributed by atoms with E-state index in [-0.39, 0.29) is 22.2 Å². The maximum Gasteiger partial charge on any atom is 0.416 e. The first-order valence-electron chi connectivity index (χ1n) is 7.40. The van der Waals surface area contributed by atoms with Crippen molar-refractivity contribution in [3.05, 3.63) is 65.2 Å². The van der Waals surface area contributed by atoms with Gasteiger partial charge in [-0.25, -0.2) is 9.78 Å². The fourth-order valence-corrected chi connectivity index (χ4v) is 2.58. The first kappa shape index (κ1) is 18.7. The number of hydrogen-bond acceptors (Lipinski definition) is 2. The molecule has 0 unspecified atom stereocenters. The van der Waals surface area contributed by atoms with Crippen molar-refractivity contribution in [2.24, 2.45) is 0 Å². The van der Waals surface area contributed by atoms with Crippen LogP contribution < -0.4 is 0 Å². The number of alkyl halides is 6. The molecule has 0 aliphatic carbocycles. The Kier molecular flexibility index (Phi) is 4.33. The van der Waals surface area contributed by atoms with Crippen molar-refractivity contribution in [1.82, 2.24) is 4.98 Å². The highest BCUT2D eigenvalue weighted by atomic mass is 19.4. The van der Waals surface area contributed by atoms with Gasteiger partial charge in [-0.05, 0) is 36.4 Å². The van der Waals surface area contributed by atoms with Crippen molar-refractivity contribution in [3.8, 4) is 11.3 Å². The van der Waals surface area contributed by atoms with E-state index in [1.165, 1.54) is 6.07 Å². The standard InChI is InChI=1S/C18H9F6NO2/c19-17(20,21)10-3-1-2-9(6-10)15-8-13(16(26)27)12-7-11(18(22,23)24)4-5-14(12)25-15/h1-8H,(H,26,27). The van der Waals surface area contributed by atoms with Crippen LogP contribution in [0.25, 0.3) is 22.2 Å². The van der Waals surface area contributed by atoms with Crippen molar-refractivity contribution < 1.29 is 36.2 Å². The molecule has 1 N–H and O–H groups in total. The van der Waals surface area contributed by atoms with Crippen LogP contribution in [0.2, 0.25) is 0 Å². The number of carboxylic acids is 1. The van der Waals surface area contributed by atoms with E-state index in [1.807, 2.05) is 0 Å². The molecule has 0 spiro atoms. The van der Waals surface area contributed by atoms with E-state index in [1.54, 1.807) is 0 Å². The molecule has 0 saturated heterocycles. The molecule has 27 heavy (non-hydrogen) atoms. The van der Waals surface area contributed by atoms with Gasteiger partial charge in [-0.2, -0.15) is 26.3 Å². The molecule has 1 heterocycles. The summed E-state index contributed by atoms with van der Waals surface area (Å²) in [6.07, 6.45) is -9.28. The van der Waals surface area contributed by atoms with E-state index in [0.717, 1.165) is 36.4 Å². The zero-order valence-electron chi connectivity index (χ0n) is 13.2. The summed E-state index contributed by atoms with van der Waals surface area (Å²) in [5.74, 6) is -1.52. The molecule has 0 bridgehead atoms. The van der Waals surface area contributed by atoms with Crippen molar-refractivity contribution in [2.75, 3.05) is 0 Å². The third kappa shape index (κ3) is 3.71. The number of aromatic carboxylic acids is 1. The van der Waals surface area contributed by atoms with Gasteiger partial charge in [0.25, 0.3) is 0 Å². The molecule has 2 aromatic carbocycles. The van der Waals surface area contributed by atoms with Crippen molar-refractivity contribution in [1.29, 1.82) is 0 Å². The van der Waals surface area contributed by atoms with E-state index in [4.69, 9.17) is 0 Å². The fraction of sp³-hybridized carbons (Fsp3) is 0.111. The van der Waals surface area contributed by atoms with E-state index in [2.05, 4.69) is 4.98 Å². The molecule has 1 aromatic heterocycles. The Hall–Kier alpha value is -3.10. The predicted molar refractivity (Wildman–Crippen MR) is 84.1 cm³/mol. The van der Waals surface area contributed by atoms with E-state index in [0.29, 0.717) is 6.07 Å². The molecule has 0 saturated carbocycles. The van der Waals surface area contributed by atoms with Gasteiger partial charge in [0, 0.05) is 10.9 Å². The lowest BCUT2D eigenvalue weighted by Crippen LogP contribution is -2.07. The quantitative estimate of drug-likeness (QED) is 0.581. The van der Waals surface area contributed by atoms with E-state index >= 15 is 0 Å². The molecule has 9 heteroatoms. The minimum absolute atomic E-state index is 0.00544. The molecule has 3 rings (SSSR count). The monoisotopic (exact) mass is 385 g/mol. The number of fused-ring (bicyclic) bond motifs is 1. The molecular formula is C18H9F6NO2. The van der Waals surface area contributed by atoms with Crippen LogP contribution in [0.1, 0.15) is 21.5 Å². The molecule has 0 radical (unpaired) electrons. The van der Waals surface area contributed by atoms with Gasteiger partial charge in [0.05, 0.1) is 27.9 Å². The highest BCUT2D eigenvalue weighted by Gasteiger charge is 2.32. The lowest BCUT2D eigenvalue weighted by atomic mass is 10.0. The number of nitrogens with zero attached hydrogens (tertiary/aromatic N) is 1. The molecule has 0 aliphatic rings. The van der Waals surface area contributed by atoms with Gasteiger partial charge in [-0.15, -0.1) is 0 Å². The number of rotatable bonds is 2. The topological polar surface area (TPSA) is 50.2 Å². The van der Waals surface area contributed by atoms with Gasteiger partial charge in [0.15, 0.2) is 0 Å². The average molecular weight is 385 g/mol. The molecule has 0 fully saturated rings. The zero-order chi connectivity index (χ0) is 20.0. The number of hydrogen-bond donors (Lipinski definition) is 1. The first-order chi connectivity index (χ1) is 12.5. The van der Waals surface area contributed by atoms with Gasteiger partial charge in [0.2, 0.25) is 0 Å². The van der Waals surface area contributed by atoms with Crippen molar-refractivity contribution in [3.63, 3.8) is 0 Å². The van der Waals surface area contributed by atoms with Crippen LogP contribution in [-0.4, -0.2) is 16.1 Å². The van der Waals surface area contributed by atoms with Crippen LogP contribution in [0.15, 0.2) is 48.5 Å². The van der Waals surface area contributed by atoms with Crippen molar-refractivity contribution >= 4 is 16.9 Å². The summed E-state index contributed by atoms with van der Waals surface area (Å²) >= 11 is 0. The number of pyridine rings is 1. The molecule has 3 aromatic rings. The van der Waals surface area contributed by atoms with Crippen molar-refractivity contribution in [2.45, 2.75) is 12.4 Å². The normalized spacial score (nSPS) is 12.4. The van der Waals surface area contributed by atoms with Gasteiger partial charge >= 0.3 is 18.3 Å². The van der Waals surface area contributed by atoms with Gasteiger partial charge < -0.3 is 5.11 Å². The third-order valence-corrected chi connectivity index (χ3v) is 3.85. The maximum absolute atomic E-state index is 12.9. The predicted octanol–water partition coefficient (Wildman–Crippen LogP) is 5.64. The molecule has 0 aliphatic heterocycles. The number of carboxylic acid groups (broad SMARTS) is 1. The first-order valence-corrected chi connectivity index (χ1v) is 7.40. The summed E-state index contributed by atoms with van der Waals surface area (Å²) in [6, 6.07) is 7.42. The van der Waals surface area contributed by atoms with Crippen LogP contribution in [0.4, 0.5) is 26.3 Å². The Morgan fingerprint density at radius 3 is 2.07 bits per heavy atom. The Morgan fingerprint density at radius 1 is 0.852 bits per heavy atom. The Labute approximate surface area is 147 Å². The van der Waals surface area contributed by atoms with E-state index < -0.39 is 35.0 Å². The number of benzene rings is 2. The number of halogens is 6. The largest absolute Gasteiger partial charge is 0.478 e. The Morgan fingerprint density at radius 2 is 1.48 bits per heavy atom. The van der Waals surface area contributed by atoms with Gasteiger partial charge in [-0.3, -0.25) is 0 Å².